The van der Waals surface area contributed by atoms with E-state index in [1.807, 2.05) is 0 Å². The van der Waals surface area contributed by atoms with Crippen LogP contribution in [0.1, 0.15) is 10.4 Å². The lowest BCUT2D eigenvalue weighted by atomic mass is 10.1. The van der Waals surface area contributed by atoms with Crippen LogP contribution in [0, 0.1) is 0 Å². The van der Waals surface area contributed by atoms with Gasteiger partial charge in [-0.2, -0.15) is 0 Å². The highest BCUT2D eigenvalue weighted by Gasteiger charge is 2.16. The third-order valence-electron chi connectivity index (χ3n) is 2.96. The first kappa shape index (κ1) is 15.4. The molecule has 0 radical (unpaired) electrons. The van der Waals surface area contributed by atoms with Gasteiger partial charge in [0.2, 0.25) is 0 Å². The molecule has 22 heavy (non-hydrogen) atoms. The molecular weight excluding hydrogens is 284 g/mol. The van der Waals surface area contributed by atoms with Crippen molar-refractivity contribution in [1.29, 1.82) is 0 Å². The van der Waals surface area contributed by atoms with Crippen LogP contribution in [-0.4, -0.2) is 25.9 Å². The molecule has 0 spiro atoms. The van der Waals surface area contributed by atoms with E-state index in [0.717, 1.165) is 0 Å². The first-order valence-corrected chi connectivity index (χ1v) is 6.53. The second-order valence-electron chi connectivity index (χ2n) is 4.34. The van der Waals surface area contributed by atoms with Gasteiger partial charge in [-0.05, 0) is 12.1 Å². The molecule has 6 nitrogen and oxygen atoms in total. The highest BCUT2D eigenvalue weighted by Crippen LogP contribution is 2.28. The number of rotatable bonds is 6. The standard InChI is InChI=1S/C16H16N2O4/c1-21-12-8-9-13(14(10-12)22-2)17-18-16(20)15(19)11-6-4-3-5-7-11/h3-10,17H,1-2H3,(H,18,20). The van der Waals surface area contributed by atoms with E-state index in [9.17, 15) is 9.59 Å². The lowest BCUT2D eigenvalue weighted by Crippen LogP contribution is -2.35. The molecule has 0 aliphatic heterocycles. The molecule has 6 heteroatoms. The second kappa shape index (κ2) is 7.12. The highest BCUT2D eigenvalue weighted by molar-refractivity contribution is 6.42. The minimum Gasteiger partial charge on any atom is -0.497 e. The zero-order valence-electron chi connectivity index (χ0n) is 12.3. The van der Waals surface area contributed by atoms with E-state index in [1.54, 1.807) is 55.6 Å². The number of Topliss-reactive ketones (excluding diaryl/α,β-unsaturated/α-hetero) is 1. The number of carbonyl (C=O) groups excluding carboxylic acids is 2. The van der Waals surface area contributed by atoms with Crippen molar-refractivity contribution in [3.63, 3.8) is 0 Å². The molecule has 114 valence electrons. The molecule has 0 saturated carbocycles. The number of hydrogen-bond donors (Lipinski definition) is 2. The normalized spacial score (nSPS) is 9.73. The van der Waals surface area contributed by atoms with Crippen LogP contribution >= 0.6 is 0 Å². The monoisotopic (exact) mass is 300 g/mol. The number of amides is 1. The van der Waals surface area contributed by atoms with Crippen LogP contribution in [0.5, 0.6) is 11.5 Å². The van der Waals surface area contributed by atoms with Crippen LogP contribution < -0.4 is 20.3 Å². The van der Waals surface area contributed by atoms with Gasteiger partial charge in [-0.25, -0.2) is 0 Å². The number of ketones is 1. The molecule has 0 heterocycles. The fraction of sp³-hybridized carbons (Fsp3) is 0.125. The lowest BCUT2D eigenvalue weighted by Gasteiger charge is -2.12. The summed E-state index contributed by atoms with van der Waals surface area (Å²) in [6.45, 7) is 0. The Labute approximate surface area is 128 Å². The Morgan fingerprint density at radius 2 is 1.68 bits per heavy atom. The molecule has 2 aromatic rings. The topological polar surface area (TPSA) is 76.7 Å². The number of hydrazine groups is 1. The maximum absolute atomic E-state index is 11.9. The van der Waals surface area contributed by atoms with E-state index in [2.05, 4.69) is 10.9 Å². The van der Waals surface area contributed by atoms with Gasteiger partial charge in [0, 0.05) is 11.6 Å². The maximum atomic E-state index is 11.9. The summed E-state index contributed by atoms with van der Waals surface area (Å²) in [5, 5.41) is 0. The first-order valence-electron chi connectivity index (χ1n) is 6.53. The molecule has 0 fully saturated rings. The van der Waals surface area contributed by atoms with Gasteiger partial charge in [0.1, 0.15) is 11.5 Å². The number of anilines is 1. The average molecular weight is 300 g/mol. The van der Waals surface area contributed by atoms with E-state index in [-0.39, 0.29) is 0 Å². The first-order chi connectivity index (χ1) is 10.7. The number of methoxy groups -OCH3 is 2. The van der Waals surface area contributed by atoms with Gasteiger partial charge in [0.05, 0.1) is 19.9 Å². The van der Waals surface area contributed by atoms with Crippen LogP contribution in [0.3, 0.4) is 0 Å². The zero-order chi connectivity index (χ0) is 15.9. The van der Waals surface area contributed by atoms with Crippen molar-refractivity contribution < 1.29 is 19.1 Å². The fourth-order valence-corrected chi connectivity index (χ4v) is 1.80. The van der Waals surface area contributed by atoms with Gasteiger partial charge in [0.15, 0.2) is 0 Å². The Bertz CT molecular complexity index is 671. The second-order valence-corrected chi connectivity index (χ2v) is 4.34. The summed E-state index contributed by atoms with van der Waals surface area (Å²) in [7, 11) is 3.04. The molecule has 0 aliphatic rings. The van der Waals surface area contributed by atoms with Crippen LogP contribution in [0.15, 0.2) is 48.5 Å². The van der Waals surface area contributed by atoms with Crippen molar-refractivity contribution in [2.24, 2.45) is 0 Å². The molecule has 0 aromatic heterocycles. The van der Waals surface area contributed by atoms with Gasteiger partial charge in [-0.1, -0.05) is 30.3 Å². The Kier molecular flexibility index (Phi) is 4.98. The van der Waals surface area contributed by atoms with Crippen molar-refractivity contribution in [3.05, 3.63) is 54.1 Å². The molecule has 0 aliphatic carbocycles. The molecule has 0 unspecified atom stereocenters. The largest absolute Gasteiger partial charge is 0.497 e. The molecule has 2 rings (SSSR count). The van der Waals surface area contributed by atoms with Crippen LogP contribution in [0.4, 0.5) is 5.69 Å². The van der Waals surface area contributed by atoms with Crippen molar-refractivity contribution in [2.45, 2.75) is 0 Å². The van der Waals surface area contributed by atoms with E-state index < -0.39 is 11.7 Å². The SMILES string of the molecule is COc1ccc(NNC(=O)C(=O)c2ccccc2)c(OC)c1. The molecular formula is C16H16N2O4. The molecule has 0 saturated heterocycles. The van der Waals surface area contributed by atoms with Crippen LogP contribution in [0.2, 0.25) is 0 Å². The molecule has 1 amide bonds. The summed E-state index contributed by atoms with van der Waals surface area (Å²) in [5.41, 5.74) is 5.85. The number of nitrogens with one attached hydrogen (secondary N) is 2. The lowest BCUT2D eigenvalue weighted by molar-refractivity contribution is -0.116. The third kappa shape index (κ3) is 3.54. The maximum Gasteiger partial charge on any atom is 0.310 e. The van der Waals surface area contributed by atoms with Crippen LogP contribution in [0.25, 0.3) is 0 Å². The Balaban J connectivity index is 2.04. The zero-order valence-corrected chi connectivity index (χ0v) is 12.3. The van der Waals surface area contributed by atoms with Crippen molar-refractivity contribution in [2.75, 3.05) is 19.6 Å². The number of benzene rings is 2. The van der Waals surface area contributed by atoms with Crippen molar-refractivity contribution in [3.8, 4) is 11.5 Å². The van der Waals surface area contributed by atoms with E-state index in [1.165, 1.54) is 7.11 Å². The summed E-state index contributed by atoms with van der Waals surface area (Å²) in [6, 6.07) is 13.4. The Hall–Kier alpha value is -3.02. The third-order valence-corrected chi connectivity index (χ3v) is 2.96. The Morgan fingerprint density at radius 3 is 2.32 bits per heavy atom. The summed E-state index contributed by atoms with van der Waals surface area (Å²) >= 11 is 0. The van der Waals surface area contributed by atoms with E-state index in [4.69, 9.17) is 9.47 Å². The van der Waals surface area contributed by atoms with E-state index >= 15 is 0 Å². The predicted molar refractivity (Wildman–Crippen MR) is 82.1 cm³/mol. The fourth-order valence-electron chi connectivity index (χ4n) is 1.80. The molecule has 2 aromatic carbocycles. The average Bonchev–Trinajstić information content (AvgIpc) is 2.59. The number of carbonyl (C=O) groups is 2. The van der Waals surface area contributed by atoms with Gasteiger partial charge in [-0.3, -0.25) is 20.4 Å². The molecule has 0 bridgehead atoms. The minimum absolute atomic E-state index is 0.323. The van der Waals surface area contributed by atoms with Gasteiger partial charge < -0.3 is 9.47 Å². The predicted octanol–water partition coefficient (Wildman–Crippen LogP) is 2.03. The highest BCUT2D eigenvalue weighted by atomic mass is 16.5. The Morgan fingerprint density at radius 1 is 0.955 bits per heavy atom. The summed E-state index contributed by atoms with van der Waals surface area (Å²) < 4.78 is 10.3. The smallest absolute Gasteiger partial charge is 0.310 e. The number of hydrogen-bond acceptors (Lipinski definition) is 5. The van der Waals surface area contributed by atoms with Gasteiger partial charge in [-0.15, -0.1) is 0 Å². The molecule has 2 N–H and O–H groups in total. The quantitative estimate of drug-likeness (QED) is 0.485. The van der Waals surface area contributed by atoms with Crippen molar-refractivity contribution in [1.82, 2.24) is 5.43 Å². The van der Waals surface area contributed by atoms with Gasteiger partial charge in [0.25, 0.3) is 5.78 Å². The molecule has 0 atom stereocenters. The summed E-state index contributed by atoms with van der Waals surface area (Å²) in [6.07, 6.45) is 0. The summed E-state index contributed by atoms with van der Waals surface area (Å²) in [4.78, 5) is 23.8. The van der Waals surface area contributed by atoms with E-state index in [0.29, 0.717) is 22.7 Å². The van der Waals surface area contributed by atoms with Crippen LogP contribution in [-0.2, 0) is 4.79 Å². The summed E-state index contributed by atoms with van der Waals surface area (Å²) in [5.74, 6) is -0.287. The number of ether oxygens (including phenoxy) is 2. The van der Waals surface area contributed by atoms with Crippen molar-refractivity contribution >= 4 is 17.4 Å². The minimum atomic E-state index is -0.760. The van der Waals surface area contributed by atoms with Gasteiger partial charge >= 0.3 is 5.91 Å².